The van der Waals surface area contributed by atoms with E-state index in [2.05, 4.69) is 5.32 Å². The molecule has 1 saturated heterocycles. The second kappa shape index (κ2) is 7.88. The van der Waals surface area contributed by atoms with E-state index in [9.17, 15) is 9.59 Å². The fraction of sp³-hybridized carbons (Fsp3) is 0.556. The highest BCUT2D eigenvalue weighted by atomic mass is 35.5. The van der Waals surface area contributed by atoms with Crippen molar-refractivity contribution in [1.82, 2.24) is 10.2 Å². The number of hydrogen-bond acceptors (Lipinski definition) is 3. The van der Waals surface area contributed by atoms with Crippen LogP contribution in [0.1, 0.15) is 49.5 Å². The standard InChI is InChI=1S/C18H25ClN2O3/c1-18(2,3)24-17(23)21-10-4-5-15(12-21)20-16(22)14-8-6-13(11-19)7-9-14/h6-9,15H,4-5,10-12H2,1-3H3,(H,20,22)/t15-/m1/s1. The van der Waals surface area contributed by atoms with E-state index in [1.54, 1.807) is 17.0 Å². The Morgan fingerprint density at radius 2 is 1.96 bits per heavy atom. The zero-order chi connectivity index (χ0) is 17.7. The summed E-state index contributed by atoms with van der Waals surface area (Å²) in [4.78, 5) is 26.2. The Labute approximate surface area is 148 Å². The minimum atomic E-state index is -0.516. The first-order valence-electron chi connectivity index (χ1n) is 8.22. The van der Waals surface area contributed by atoms with Crippen molar-refractivity contribution < 1.29 is 14.3 Å². The van der Waals surface area contributed by atoms with E-state index in [1.165, 1.54) is 0 Å². The van der Waals surface area contributed by atoms with Gasteiger partial charge in [0.25, 0.3) is 5.91 Å². The van der Waals surface area contributed by atoms with Gasteiger partial charge in [0.05, 0.1) is 0 Å². The van der Waals surface area contributed by atoms with Gasteiger partial charge in [-0.25, -0.2) is 4.79 Å². The highest BCUT2D eigenvalue weighted by molar-refractivity contribution is 6.17. The Kier molecular flexibility index (Phi) is 6.10. The topological polar surface area (TPSA) is 58.6 Å². The van der Waals surface area contributed by atoms with Gasteiger partial charge in [-0.1, -0.05) is 12.1 Å². The fourth-order valence-electron chi connectivity index (χ4n) is 2.60. The number of alkyl halides is 1. The Morgan fingerprint density at radius 3 is 2.54 bits per heavy atom. The van der Waals surface area contributed by atoms with Gasteiger partial charge in [-0.2, -0.15) is 0 Å². The molecular formula is C18H25ClN2O3. The summed E-state index contributed by atoms with van der Waals surface area (Å²) in [5.41, 5.74) is 1.05. The molecule has 1 N–H and O–H groups in total. The molecule has 1 atom stereocenters. The molecule has 0 aliphatic carbocycles. The Hall–Kier alpha value is -1.75. The van der Waals surface area contributed by atoms with E-state index < -0.39 is 5.60 Å². The Bertz CT molecular complexity index is 581. The summed E-state index contributed by atoms with van der Waals surface area (Å²) in [6.45, 7) is 6.67. The van der Waals surface area contributed by atoms with Gasteiger partial charge in [0.2, 0.25) is 0 Å². The maximum Gasteiger partial charge on any atom is 0.410 e. The normalized spacial score (nSPS) is 18.2. The fourth-order valence-corrected chi connectivity index (χ4v) is 2.78. The molecule has 1 aliphatic rings. The molecule has 2 amide bonds. The molecular weight excluding hydrogens is 328 g/mol. The van der Waals surface area contributed by atoms with Crippen molar-refractivity contribution in [3.8, 4) is 0 Å². The van der Waals surface area contributed by atoms with Crippen molar-refractivity contribution in [2.45, 2.75) is 51.1 Å². The molecule has 0 saturated carbocycles. The molecule has 24 heavy (non-hydrogen) atoms. The second-order valence-electron chi connectivity index (χ2n) is 7.07. The number of carbonyl (C=O) groups excluding carboxylic acids is 2. The molecule has 0 aromatic heterocycles. The average Bonchev–Trinajstić information content (AvgIpc) is 2.53. The van der Waals surface area contributed by atoms with Crippen molar-refractivity contribution in [3.05, 3.63) is 35.4 Å². The number of hydrogen-bond donors (Lipinski definition) is 1. The van der Waals surface area contributed by atoms with Crippen LogP contribution in [0.3, 0.4) is 0 Å². The van der Waals surface area contributed by atoms with Crippen LogP contribution in [-0.2, 0) is 10.6 Å². The van der Waals surface area contributed by atoms with E-state index in [1.807, 2.05) is 32.9 Å². The van der Waals surface area contributed by atoms with Crippen LogP contribution in [0, 0.1) is 0 Å². The first-order valence-corrected chi connectivity index (χ1v) is 8.75. The maximum absolute atomic E-state index is 12.3. The van der Waals surface area contributed by atoms with Crippen molar-refractivity contribution >= 4 is 23.6 Å². The van der Waals surface area contributed by atoms with Crippen LogP contribution in [0.2, 0.25) is 0 Å². The zero-order valence-electron chi connectivity index (χ0n) is 14.5. The predicted molar refractivity (Wildman–Crippen MR) is 94.3 cm³/mol. The molecule has 2 rings (SSSR count). The van der Waals surface area contributed by atoms with Crippen LogP contribution >= 0.6 is 11.6 Å². The Morgan fingerprint density at radius 1 is 1.29 bits per heavy atom. The molecule has 0 unspecified atom stereocenters. The van der Waals surface area contributed by atoms with Gasteiger partial charge in [-0.05, 0) is 51.3 Å². The van der Waals surface area contributed by atoms with Crippen molar-refractivity contribution in [3.63, 3.8) is 0 Å². The third kappa shape index (κ3) is 5.41. The van der Waals surface area contributed by atoms with E-state index in [0.29, 0.717) is 24.5 Å². The van der Waals surface area contributed by atoms with Crippen molar-refractivity contribution in [2.75, 3.05) is 13.1 Å². The number of nitrogens with one attached hydrogen (secondary N) is 1. The van der Waals surface area contributed by atoms with E-state index in [4.69, 9.17) is 16.3 Å². The van der Waals surface area contributed by atoms with Gasteiger partial charge >= 0.3 is 6.09 Å². The highest BCUT2D eigenvalue weighted by Gasteiger charge is 2.28. The minimum Gasteiger partial charge on any atom is -0.444 e. The average molecular weight is 353 g/mol. The first kappa shape index (κ1) is 18.6. The summed E-state index contributed by atoms with van der Waals surface area (Å²) < 4.78 is 5.40. The number of ether oxygens (including phenoxy) is 1. The third-order valence-electron chi connectivity index (χ3n) is 3.78. The largest absolute Gasteiger partial charge is 0.444 e. The summed E-state index contributed by atoms with van der Waals surface area (Å²) in [7, 11) is 0. The number of amides is 2. The van der Waals surface area contributed by atoms with E-state index in [-0.39, 0.29) is 18.0 Å². The van der Waals surface area contributed by atoms with Crippen LogP contribution in [0.5, 0.6) is 0 Å². The van der Waals surface area contributed by atoms with Crippen LogP contribution < -0.4 is 5.32 Å². The highest BCUT2D eigenvalue weighted by Crippen LogP contribution is 2.16. The third-order valence-corrected chi connectivity index (χ3v) is 4.09. The van der Waals surface area contributed by atoms with Crippen molar-refractivity contribution in [2.24, 2.45) is 0 Å². The van der Waals surface area contributed by atoms with Gasteiger partial charge in [0.15, 0.2) is 0 Å². The lowest BCUT2D eigenvalue weighted by molar-refractivity contribution is 0.0185. The number of piperidine rings is 1. The maximum atomic E-state index is 12.3. The van der Waals surface area contributed by atoms with Gasteiger partial charge in [-0.15, -0.1) is 11.6 Å². The second-order valence-corrected chi connectivity index (χ2v) is 7.34. The summed E-state index contributed by atoms with van der Waals surface area (Å²) >= 11 is 5.76. The molecule has 6 heteroatoms. The number of carbonyl (C=O) groups is 2. The van der Waals surface area contributed by atoms with Crippen molar-refractivity contribution in [1.29, 1.82) is 0 Å². The molecule has 0 bridgehead atoms. The summed E-state index contributed by atoms with van der Waals surface area (Å²) in [6, 6.07) is 7.15. The van der Waals surface area contributed by atoms with Crippen LogP contribution in [-0.4, -0.2) is 41.6 Å². The molecule has 0 spiro atoms. The summed E-state index contributed by atoms with van der Waals surface area (Å²) in [5, 5.41) is 3.00. The molecule has 5 nitrogen and oxygen atoms in total. The zero-order valence-corrected chi connectivity index (χ0v) is 15.2. The molecule has 1 heterocycles. The summed E-state index contributed by atoms with van der Waals surface area (Å²) in [6.07, 6.45) is 1.37. The van der Waals surface area contributed by atoms with Gasteiger partial charge in [0.1, 0.15) is 5.60 Å². The van der Waals surface area contributed by atoms with E-state index in [0.717, 1.165) is 18.4 Å². The van der Waals surface area contributed by atoms with E-state index >= 15 is 0 Å². The first-order chi connectivity index (χ1) is 11.3. The Balaban J connectivity index is 1.92. The van der Waals surface area contributed by atoms with Crippen LogP contribution in [0.25, 0.3) is 0 Å². The monoisotopic (exact) mass is 352 g/mol. The number of likely N-dealkylation sites (tertiary alicyclic amines) is 1. The molecule has 0 radical (unpaired) electrons. The minimum absolute atomic E-state index is 0.0635. The van der Waals surface area contributed by atoms with Gasteiger partial charge in [-0.3, -0.25) is 4.79 Å². The quantitative estimate of drug-likeness (QED) is 0.846. The molecule has 1 aromatic carbocycles. The molecule has 1 aliphatic heterocycles. The van der Waals surface area contributed by atoms with Crippen LogP contribution in [0.15, 0.2) is 24.3 Å². The number of halogens is 1. The molecule has 1 fully saturated rings. The lowest BCUT2D eigenvalue weighted by Crippen LogP contribution is -2.50. The number of nitrogens with zero attached hydrogens (tertiary/aromatic N) is 1. The molecule has 1 aromatic rings. The van der Waals surface area contributed by atoms with Gasteiger partial charge in [0, 0.05) is 30.6 Å². The lowest BCUT2D eigenvalue weighted by Gasteiger charge is -2.34. The number of benzene rings is 1. The number of rotatable bonds is 3. The SMILES string of the molecule is CC(C)(C)OC(=O)N1CCC[C@@H](NC(=O)c2ccc(CCl)cc2)C1. The summed E-state index contributed by atoms with van der Waals surface area (Å²) in [5.74, 6) is 0.294. The predicted octanol–water partition coefficient (Wildman–Crippen LogP) is 3.55. The molecule has 132 valence electrons. The van der Waals surface area contributed by atoms with Crippen LogP contribution in [0.4, 0.5) is 4.79 Å². The van der Waals surface area contributed by atoms with Gasteiger partial charge < -0.3 is 15.0 Å². The smallest absolute Gasteiger partial charge is 0.410 e. The lowest BCUT2D eigenvalue weighted by atomic mass is 10.1.